The Labute approximate surface area is 199 Å². The number of hydrogen-bond donors (Lipinski definition) is 0. The van der Waals surface area contributed by atoms with Crippen molar-refractivity contribution in [3.8, 4) is 11.4 Å². The van der Waals surface area contributed by atoms with E-state index in [0.29, 0.717) is 31.3 Å². The molecule has 33 heavy (non-hydrogen) atoms. The maximum Gasteiger partial charge on any atom is 0.232 e. The van der Waals surface area contributed by atoms with Gasteiger partial charge in [0.15, 0.2) is 5.16 Å². The molecule has 0 bridgehead atoms. The van der Waals surface area contributed by atoms with E-state index >= 15 is 0 Å². The Morgan fingerprint density at radius 1 is 1.03 bits per heavy atom. The van der Waals surface area contributed by atoms with E-state index in [1.54, 1.807) is 35.2 Å². The van der Waals surface area contributed by atoms with Crippen molar-refractivity contribution in [1.29, 1.82) is 0 Å². The van der Waals surface area contributed by atoms with Gasteiger partial charge in [0.2, 0.25) is 5.95 Å². The highest BCUT2D eigenvalue weighted by atomic mass is 32.2. The number of ether oxygens (including phenoxy) is 2. The highest BCUT2D eigenvalue weighted by Gasteiger charge is 2.22. The van der Waals surface area contributed by atoms with Crippen LogP contribution in [0, 0.1) is 5.82 Å². The van der Waals surface area contributed by atoms with Crippen LogP contribution in [0.4, 0.5) is 10.3 Å². The largest absolute Gasteiger partial charge is 0.486 e. The van der Waals surface area contributed by atoms with Gasteiger partial charge in [0.05, 0.1) is 24.6 Å². The van der Waals surface area contributed by atoms with Crippen molar-refractivity contribution < 1.29 is 13.9 Å². The first-order chi connectivity index (χ1) is 16.3. The Hall–Kier alpha value is -2.95. The maximum atomic E-state index is 13.0. The highest BCUT2D eigenvalue weighted by Crippen LogP contribution is 2.29. The number of thioether (sulfide) groups is 1. The van der Waals surface area contributed by atoms with Crippen molar-refractivity contribution in [1.82, 2.24) is 19.7 Å². The standard InChI is InChI=1S/C23H22FN5O2S2/c24-17-6-8-20(9-7-17)31-14-21-25-18(15-32-21)16-33-23-27-26-22(28-10-12-30-13-11-28)29(23)19-4-2-1-3-5-19/h1-9,15H,10-14,16H2. The maximum absolute atomic E-state index is 13.0. The number of morpholine rings is 1. The quantitative estimate of drug-likeness (QED) is 0.340. The van der Waals surface area contributed by atoms with E-state index < -0.39 is 0 Å². The molecule has 2 aromatic heterocycles. The van der Waals surface area contributed by atoms with E-state index in [2.05, 4.69) is 36.8 Å². The zero-order chi connectivity index (χ0) is 22.5. The van der Waals surface area contributed by atoms with Crippen LogP contribution in [0.5, 0.6) is 5.75 Å². The summed E-state index contributed by atoms with van der Waals surface area (Å²) < 4.78 is 26.3. The van der Waals surface area contributed by atoms with Gasteiger partial charge in [0.25, 0.3) is 0 Å². The molecule has 0 amide bonds. The van der Waals surface area contributed by atoms with Gasteiger partial charge >= 0.3 is 0 Å². The minimum atomic E-state index is -0.281. The van der Waals surface area contributed by atoms with Crippen LogP contribution < -0.4 is 9.64 Å². The van der Waals surface area contributed by atoms with Gasteiger partial charge in [0.1, 0.15) is 23.2 Å². The molecule has 5 rings (SSSR count). The Morgan fingerprint density at radius 2 is 1.82 bits per heavy atom. The first kappa shape index (κ1) is 21.9. The Balaban J connectivity index is 1.28. The number of thiazole rings is 1. The van der Waals surface area contributed by atoms with Crippen molar-refractivity contribution >= 4 is 29.0 Å². The smallest absolute Gasteiger partial charge is 0.232 e. The van der Waals surface area contributed by atoms with Gasteiger partial charge in [-0.15, -0.1) is 21.5 Å². The molecule has 0 atom stereocenters. The summed E-state index contributed by atoms with van der Waals surface area (Å²) >= 11 is 3.15. The van der Waals surface area contributed by atoms with Crippen LogP contribution in [-0.2, 0) is 17.1 Å². The molecule has 0 unspecified atom stereocenters. The predicted molar refractivity (Wildman–Crippen MR) is 127 cm³/mol. The number of halogens is 1. The predicted octanol–water partition coefficient (Wildman–Crippen LogP) is 4.57. The van der Waals surface area contributed by atoms with Crippen LogP contribution in [0.1, 0.15) is 10.7 Å². The monoisotopic (exact) mass is 483 g/mol. The number of hydrogen-bond acceptors (Lipinski definition) is 8. The molecule has 1 aliphatic heterocycles. The molecule has 0 aliphatic carbocycles. The second-order valence-corrected chi connectivity index (χ2v) is 9.20. The van der Waals surface area contributed by atoms with Crippen LogP contribution in [0.15, 0.2) is 65.1 Å². The molecule has 1 aliphatic rings. The molecule has 7 nitrogen and oxygen atoms in total. The summed E-state index contributed by atoms with van der Waals surface area (Å²) in [6, 6.07) is 16.1. The molecule has 0 spiro atoms. The molecule has 2 aromatic carbocycles. The molecule has 1 saturated heterocycles. The van der Waals surface area contributed by atoms with Crippen molar-refractivity contribution in [2.24, 2.45) is 0 Å². The van der Waals surface area contributed by atoms with Gasteiger partial charge in [-0.2, -0.15) is 0 Å². The second kappa shape index (κ2) is 10.3. The third-order valence-electron chi connectivity index (χ3n) is 5.05. The number of para-hydroxylation sites is 1. The van der Waals surface area contributed by atoms with E-state index in [1.165, 1.54) is 12.1 Å². The average molecular weight is 484 g/mol. The third-order valence-corrected chi connectivity index (χ3v) is 6.88. The zero-order valence-electron chi connectivity index (χ0n) is 17.8. The van der Waals surface area contributed by atoms with Crippen LogP contribution in [0.3, 0.4) is 0 Å². The van der Waals surface area contributed by atoms with Crippen LogP contribution in [0.2, 0.25) is 0 Å². The summed E-state index contributed by atoms with van der Waals surface area (Å²) in [5, 5.41) is 12.7. The molecule has 3 heterocycles. The van der Waals surface area contributed by atoms with Crippen LogP contribution in [0.25, 0.3) is 5.69 Å². The number of aromatic nitrogens is 4. The highest BCUT2D eigenvalue weighted by molar-refractivity contribution is 7.98. The lowest BCUT2D eigenvalue weighted by Crippen LogP contribution is -2.37. The van der Waals surface area contributed by atoms with Gasteiger partial charge in [-0.25, -0.2) is 9.37 Å². The SMILES string of the molecule is Fc1ccc(OCc2nc(CSc3nnc(N4CCOCC4)n3-c3ccccc3)cs2)cc1. The summed E-state index contributed by atoms with van der Waals surface area (Å²) in [7, 11) is 0. The molecular formula is C23H22FN5O2S2. The van der Waals surface area contributed by atoms with Crippen molar-refractivity contribution in [2.75, 3.05) is 31.2 Å². The van der Waals surface area contributed by atoms with E-state index in [4.69, 9.17) is 9.47 Å². The molecule has 170 valence electrons. The topological polar surface area (TPSA) is 65.3 Å². The van der Waals surface area contributed by atoms with E-state index in [-0.39, 0.29) is 5.82 Å². The fourth-order valence-corrected chi connectivity index (χ4v) is 5.07. The number of rotatable bonds is 8. The molecule has 0 saturated carbocycles. The third kappa shape index (κ3) is 5.35. The lowest BCUT2D eigenvalue weighted by Gasteiger charge is -2.27. The number of anilines is 1. The minimum absolute atomic E-state index is 0.281. The molecule has 0 N–H and O–H groups in total. The summed E-state index contributed by atoms with van der Waals surface area (Å²) in [6.45, 7) is 3.30. The Bertz CT molecular complexity index is 1180. The van der Waals surface area contributed by atoms with Gasteiger partial charge in [-0.05, 0) is 36.4 Å². The lowest BCUT2D eigenvalue weighted by molar-refractivity contribution is 0.122. The van der Waals surface area contributed by atoms with Gasteiger partial charge in [-0.1, -0.05) is 30.0 Å². The Morgan fingerprint density at radius 3 is 2.61 bits per heavy atom. The minimum Gasteiger partial charge on any atom is -0.486 e. The fourth-order valence-electron chi connectivity index (χ4n) is 3.42. The van der Waals surface area contributed by atoms with Crippen molar-refractivity contribution in [3.63, 3.8) is 0 Å². The summed E-state index contributed by atoms with van der Waals surface area (Å²) in [4.78, 5) is 6.88. The second-order valence-electron chi connectivity index (χ2n) is 7.32. The molecule has 10 heteroatoms. The first-order valence-corrected chi connectivity index (χ1v) is 12.4. The van der Waals surface area contributed by atoms with Crippen LogP contribution in [-0.4, -0.2) is 46.1 Å². The van der Waals surface area contributed by atoms with Gasteiger partial charge in [-0.3, -0.25) is 4.57 Å². The summed E-state index contributed by atoms with van der Waals surface area (Å²) in [5.74, 6) is 1.84. The normalized spacial score (nSPS) is 13.9. The lowest BCUT2D eigenvalue weighted by atomic mass is 10.3. The van der Waals surface area contributed by atoms with Gasteiger partial charge < -0.3 is 14.4 Å². The fraction of sp³-hybridized carbons (Fsp3) is 0.261. The number of nitrogens with zero attached hydrogens (tertiary/aromatic N) is 5. The van der Waals surface area contributed by atoms with E-state index in [1.807, 2.05) is 23.6 Å². The molecular weight excluding hydrogens is 461 g/mol. The van der Waals surface area contributed by atoms with Gasteiger partial charge in [0, 0.05) is 24.2 Å². The van der Waals surface area contributed by atoms with E-state index in [9.17, 15) is 4.39 Å². The molecule has 0 radical (unpaired) electrons. The van der Waals surface area contributed by atoms with Crippen LogP contribution >= 0.6 is 23.1 Å². The molecule has 4 aromatic rings. The van der Waals surface area contributed by atoms with Crippen molar-refractivity contribution in [2.45, 2.75) is 17.5 Å². The van der Waals surface area contributed by atoms with Crippen molar-refractivity contribution in [3.05, 3.63) is 76.5 Å². The zero-order valence-corrected chi connectivity index (χ0v) is 19.4. The average Bonchev–Trinajstić information content (AvgIpc) is 3.50. The van der Waals surface area contributed by atoms with E-state index in [0.717, 1.165) is 40.6 Å². The summed E-state index contributed by atoms with van der Waals surface area (Å²) in [6.07, 6.45) is 0. The summed E-state index contributed by atoms with van der Waals surface area (Å²) in [5.41, 5.74) is 1.98. The Kier molecular flexibility index (Phi) is 6.84. The molecule has 1 fully saturated rings. The number of benzene rings is 2. The first-order valence-electron chi connectivity index (χ1n) is 10.5.